The average Bonchev–Trinajstić information content (AvgIpc) is 3.39. The summed E-state index contributed by atoms with van der Waals surface area (Å²) in [6, 6.07) is 12.0. The maximum atomic E-state index is 13.1. The molecule has 1 unspecified atom stereocenters. The van der Waals surface area contributed by atoms with E-state index in [9.17, 15) is 27.6 Å². The Kier molecular flexibility index (Phi) is 6.97. The van der Waals surface area contributed by atoms with Gasteiger partial charge in [-0.05, 0) is 28.7 Å². The van der Waals surface area contributed by atoms with Gasteiger partial charge in [0.15, 0.2) is 6.10 Å². The van der Waals surface area contributed by atoms with E-state index in [0.29, 0.717) is 0 Å². The Labute approximate surface area is 198 Å². The summed E-state index contributed by atoms with van der Waals surface area (Å²) in [5.41, 5.74) is 4.14. The highest BCUT2D eigenvalue weighted by Gasteiger charge is 2.45. The van der Waals surface area contributed by atoms with Crippen molar-refractivity contribution in [2.45, 2.75) is 43.1 Å². The highest BCUT2D eigenvalue weighted by atomic mass is 19.4. The van der Waals surface area contributed by atoms with Crippen molar-refractivity contribution in [3.05, 3.63) is 59.7 Å². The van der Waals surface area contributed by atoms with Crippen LogP contribution < -0.4 is 10.6 Å². The van der Waals surface area contributed by atoms with Gasteiger partial charge in [0.2, 0.25) is 0 Å². The molecule has 0 saturated carbocycles. The minimum absolute atomic E-state index is 0.0268. The summed E-state index contributed by atoms with van der Waals surface area (Å²) in [6.45, 7) is 0.0566. The van der Waals surface area contributed by atoms with E-state index in [1.807, 2.05) is 48.5 Å². The smallest absolute Gasteiger partial charge is 0.409 e. The lowest BCUT2D eigenvalue weighted by molar-refractivity contribution is -0.172. The number of benzene rings is 2. The van der Waals surface area contributed by atoms with Crippen LogP contribution in [0.15, 0.2) is 48.5 Å². The standard InChI is InChI=1S/C24H23F3N2O6/c25-24(26,27)19(11-20(30)31)29-22(32)21-18(9-10-34-21)28-23(33)35-12-17-15-7-3-1-5-13(15)14-6-2-4-8-16(14)17/h1-8,17-19,21H,9-12H2,(H,28,33)(H,29,32)(H,30,31)/t18-,19?,21+/m1/s1. The van der Waals surface area contributed by atoms with E-state index in [1.165, 1.54) is 0 Å². The first-order valence-corrected chi connectivity index (χ1v) is 11.0. The van der Waals surface area contributed by atoms with Crippen LogP contribution in [0.1, 0.15) is 29.9 Å². The van der Waals surface area contributed by atoms with Crippen LogP contribution in [0.4, 0.5) is 18.0 Å². The SMILES string of the molecule is O=C(O)CC(NC(=O)[C@H]1OCC[C@H]1NC(=O)OCC1c2ccccc2-c2ccccc21)C(F)(F)F. The number of carboxylic acid groups (broad SMARTS) is 1. The number of alkyl carbamates (subject to hydrolysis) is 1. The molecule has 186 valence electrons. The van der Waals surface area contributed by atoms with Crippen molar-refractivity contribution in [1.82, 2.24) is 10.6 Å². The summed E-state index contributed by atoms with van der Waals surface area (Å²) in [7, 11) is 0. The van der Waals surface area contributed by atoms with Gasteiger partial charge < -0.3 is 25.2 Å². The Hall–Kier alpha value is -3.60. The number of nitrogens with one attached hydrogen (secondary N) is 2. The number of carboxylic acids is 1. The van der Waals surface area contributed by atoms with Crippen LogP contribution >= 0.6 is 0 Å². The molecule has 2 amide bonds. The predicted molar refractivity (Wildman–Crippen MR) is 117 cm³/mol. The second-order valence-electron chi connectivity index (χ2n) is 8.36. The fourth-order valence-electron chi connectivity index (χ4n) is 4.46. The van der Waals surface area contributed by atoms with E-state index < -0.39 is 48.8 Å². The number of hydrogen-bond donors (Lipinski definition) is 3. The average molecular weight is 492 g/mol. The number of ether oxygens (including phenoxy) is 2. The number of hydrogen-bond acceptors (Lipinski definition) is 5. The molecule has 2 aromatic rings. The van der Waals surface area contributed by atoms with E-state index in [-0.39, 0.29) is 25.6 Å². The molecule has 2 aromatic carbocycles. The molecule has 11 heteroatoms. The molecule has 3 atom stereocenters. The predicted octanol–water partition coefficient (Wildman–Crippen LogP) is 3.20. The molecule has 0 aromatic heterocycles. The van der Waals surface area contributed by atoms with E-state index in [1.54, 1.807) is 5.32 Å². The number of carbonyl (C=O) groups is 3. The maximum Gasteiger partial charge on any atom is 0.409 e. The molecule has 0 bridgehead atoms. The van der Waals surface area contributed by atoms with Gasteiger partial charge in [-0.15, -0.1) is 0 Å². The second kappa shape index (κ2) is 9.95. The monoisotopic (exact) mass is 492 g/mol. The van der Waals surface area contributed by atoms with E-state index in [0.717, 1.165) is 22.3 Å². The summed E-state index contributed by atoms with van der Waals surface area (Å²) in [6.07, 6.45) is -8.35. The van der Waals surface area contributed by atoms with Crippen LogP contribution in [-0.4, -0.2) is 60.7 Å². The van der Waals surface area contributed by atoms with Gasteiger partial charge in [-0.1, -0.05) is 48.5 Å². The van der Waals surface area contributed by atoms with Crippen molar-refractivity contribution >= 4 is 18.0 Å². The Balaban J connectivity index is 1.37. The molecule has 2 aliphatic rings. The molecule has 1 aliphatic carbocycles. The fourth-order valence-corrected chi connectivity index (χ4v) is 4.46. The Morgan fingerprint density at radius 3 is 2.23 bits per heavy atom. The van der Waals surface area contributed by atoms with Crippen molar-refractivity contribution < 1.29 is 42.1 Å². The number of amides is 2. The van der Waals surface area contributed by atoms with Gasteiger partial charge in [-0.25, -0.2) is 4.79 Å². The quantitative estimate of drug-likeness (QED) is 0.547. The van der Waals surface area contributed by atoms with Gasteiger partial charge in [0, 0.05) is 12.5 Å². The minimum atomic E-state index is -4.96. The first-order valence-electron chi connectivity index (χ1n) is 11.0. The van der Waals surface area contributed by atoms with Crippen LogP contribution in [0.3, 0.4) is 0 Å². The zero-order chi connectivity index (χ0) is 25.2. The first-order chi connectivity index (χ1) is 16.6. The van der Waals surface area contributed by atoms with Gasteiger partial charge in [0.1, 0.15) is 12.6 Å². The molecule has 1 fully saturated rings. The van der Waals surface area contributed by atoms with Crippen molar-refractivity contribution in [3.63, 3.8) is 0 Å². The lowest BCUT2D eigenvalue weighted by Gasteiger charge is -2.24. The van der Waals surface area contributed by atoms with Gasteiger partial charge in [-0.3, -0.25) is 9.59 Å². The molecule has 8 nitrogen and oxygen atoms in total. The molecule has 1 saturated heterocycles. The van der Waals surface area contributed by atoms with Crippen LogP contribution in [-0.2, 0) is 19.1 Å². The van der Waals surface area contributed by atoms with Crippen LogP contribution in [0, 0.1) is 0 Å². The third-order valence-electron chi connectivity index (χ3n) is 6.09. The van der Waals surface area contributed by atoms with Crippen LogP contribution in [0.25, 0.3) is 11.1 Å². The number of alkyl halides is 3. The van der Waals surface area contributed by atoms with E-state index in [4.69, 9.17) is 14.6 Å². The zero-order valence-electron chi connectivity index (χ0n) is 18.4. The summed E-state index contributed by atoms with van der Waals surface area (Å²) in [5, 5.41) is 12.9. The van der Waals surface area contributed by atoms with Crippen molar-refractivity contribution in [2.75, 3.05) is 13.2 Å². The summed E-state index contributed by atoms with van der Waals surface area (Å²) in [4.78, 5) is 35.6. The van der Waals surface area contributed by atoms with Crippen molar-refractivity contribution in [1.29, 1.82) is 0 Å². The molecular formula is C24H23F3N2O6. The molecule has 4 rings (SSSR count). The van der Waals surface area contributed by atoms with Gasteiger partial charge >= 0.3 is 18.2 Å². The normalized spacial score (nSPS) is 20.0. The van der Waals surface area contributed by atoms with Gasteiger partial charge in [-0.2, -0.15) is 13.2 Å². The molecule has 0 radical (unpaired) electrons. The summed E-state index contributed by atoms with van der Waals surface area (Å²) < 4.78 is 49.9. The molecule has 0 spiro atoms. The third kappa shape index (κ3) is 5.40. The summed E-state index contributed by atoms with van der Waals surface area (Å²) in [5.74, 6) is -3.06. The Morgan fingerprint density at radius 1 is 1.06 bits per heavy atom. The maximum absolute atomic E-state index is 13.1. The number of halogens is 3. The molecule has 1 aliphatic heterocycles. The largest absolute Gasteiger partial charge is 0.481 e. The third-order valence-corrected chi connectivity index (χ3v) is 6.09. The lowest BCUT2D eigenvalue weighted by atomic mass is 9.98. The summed E-state index contributed by atoms with van der Waals surface area (Å²) >= 11 is 0. The zero-order valence-corrected chi connectivity index (χ0v) is 18.4. The molecular weight excluding hydrogens is 469 g/mol. The molecule has 3 N–H and O–H groups in total. The van der Waals surface area contributed by atoms with Gasteiger partial charge in [0.25, 0.3) is 5.91 Å². The Morgan fingerprint density at radius 2 is 1.66 bits per heavy atom. The van der Waals surface area contributed by atoms with E-state index in [2.05, 4.69) is 5.32 Å². The first kappa shape index (κ1) is 24.5. The minimum Gasteiger partial charge on any atom is -0.481 e. The van der Waals surface area contributed by atoms with Gasteiger partial charge in [0.05, 0.1) is 12.5 Å². The Bertz CT molecular complexity index is 1080. The second-order valence-corrected chi connectivity index (χ2v) is 8.36. The fraction of sp³-hybridized carbons (Fsp3) is 0.375. The molecule has 35 heavy (non-hydrogen) atoms. The molecule has 1 heterocycles. The highest BCUT2D eigenvalue weighted by molar-refractivity contribution is 5.84. The van der Waals surface area contributed by atoms with Crippen LogP contribution in [0.2, 0.25) is 0 Å². The van der Waals surface area contributed by atoms with E-state index >= 15 is 0 Å². The lowest BCUT2D eigenvalue weighted by Crippen LogP contribution is -2.54. The highest BCUT2D eigenvalue weighted by Crippen LogP contribution is 2.44. The van der Waals surface area contributed by atoms with Crippen molar-refractivity contribution in [3.8, 4) is 11.1 Å². The number of rotatable bonds is 7. The number of aliphatic carboxylic acids is 1. The number of carbonyl (C=O) groups excluding carboxylic acids is 2. The number of fused-ring (bicyclic) bond motifs is 3. The van der Waals surface area contributed by atoms with Crippen molar-refractivity contribution in [2.24, 2.45) is 0 Å². The van der Waals surface area contributed by atoms with Crippen LogP contribution in [0.5, 0.6) is 0 Å². The topological polar surface area (TPSA) is 114 Å².